The number of nitrogens with zero attached hydrogens (tertiary/aromatic N) is 6. The standard InChI is InChI=1S/C16H25N7S2/c1-5-14-20-16(25-21-14)23-8-6-22(7-9-23)15(17-4)18-10-13-11(2)19-12(3)24-13/h5-10H2,1-4H3,(H,17,18). The summed E-state index contributed by atoms with van der Waals surface area (Å²) in [7, 11) is 1.84. The molecular weight excluding hydrogens is 354 g/mol. The van der Waals surface area contributed by atoms with Gasteiger partial charge in [-0.2, -0.15) is 4.37 Å². The van der Waals surface area contributed by atoms with Gasteiger partial charge in [-0.1, -0.05) is 6.92 Å². The second-order valence-electron chi connectivity index (χ2n) is 5.96. The highest BCUT2D eigenvalue weighted by Crippen LogP contribution is 2.20. The zero-order valence-corrected chi connectivity index (χ0v) is 16.9. The quantitative estimate of drug-likeness (QED) is 0.648. The van der Waals surface area contributed by atoms with Gasteiger partial charge in [0.2, 0.25) is 5.13 Å². The molecule has 3 rings (SSSR count). The van der Waals surface area contributed by atoms with Crippen LogP contribution in [0.2, 0.25) is 0 Å². The molecule has 0 amide bonds. The second kappa shape index (κ2) is 8.09. The number of anilines is 1. The Hall–Kier alpha value is -1.74. The average molecular weight is 380 g/mol. The zero-order valence-electron chi connectivity index (χ0n) is 15.2. The first-order chi connectivity index (χ1) is 12.1. The average Bonchev–Trinajstić information content (AvgIpc) is 3.22. The van der Waals surface area contributed by atoms with Gasteiger partial charge in [-0.3, -0.25) is 4.99 Å². The van der Waals surface area contributed by atoms with Gasteiger partial charge in [0.25, 0.3) is 0 Å². The largest absolute Gasteiger partial charge is 0.351 e. The number of rotatable bonds is 4. The van der Waals surface area contributed by atoms with Crippen LogP contribution < -0.4 is 10.2 Å². The Morgan fingerprint density at radius 2 is 1.96 bits per heavy atom. The molecule has 25 heavy (non-hydrogen) atoms. The number of hydrogen-bond acceptors (Lipinski definition) is 7. The maximum absolute atomic E-state index is 4.59. The zero-order chi connectivity index (χ0) is 17.8. The third-order valence-electron chi connectivity index (χ3n) is 4.24. The van der Waals surface area contributed by atoms with E-state index in [4.69, 9.17) is 0 Å². The van der Waals surface area contributed by atoms with Crippen molar-refractivity contribution in [2.24, 2.45) is 4.99 Å². The highest BCUT2D eigenvalue weighted by Gasteiger charge is 2.22. The van der Waals surface area contributed by atoms with Crippen LogP contribution in [0.4, 0.5) is 5.13 Å². The minimum Gasteiger partial charge on any atom is -0.351 e. The number of thiazole rings is 1. The summed E-state index contributed by atoms with van der Waals surface area (Å²) < 4.78 is 4.39. The second-order valence-corrected chi connectivity index (χ2v) is 7.98. The summed E-state index contributed by atoms with van der Waals surface area (Å²) in [6, 6.07) is 0. The number of nitrogens with one attached hydrogen (secondary N) is 1. The van der Waals surface area contributed by atoms with E-state index >= 15 is 0 Å². The van der Waals surface area contributed by atoms with E-state index in [-0.39, 0.29) is 0 Å². The number of aryl methyl sites for hydroxylation is 3. The lowest BCUT2D eigenvalue weighted by Gasteiger charge is -2.36. The lowest BCUT2D eigenvalue weighted by atomic mass is 10.3. The van der Waals surface area contributed by atoms with E-state index in [0.717, 1.165) is 66.8 Å². The molecule has 0 bridgehead atoms. The van der Waals surface area contributed by atoms with Crippen molar-refractivity contribution in [2.75, 3.05) is 38.1 Å². The van der Waals surface area contributed by atoms with Crippen molar-refractivity contribution in [3.8, 4) is 0 Å². The van der Waals surface area contributed by atoms with Crippen molar-refractivity contribution < 1.29 is 0 Å². The molecule has 7 nitrogen and oxygen atoms in total. The van der Waals surface area contributed by atoms with Crippen LogP contribution in [0.5, 0.6) is 0 Å². The molecule has 2 aromatic heterocycles. The minimum absolute atomic E-state index is 0.778. The molecule has 0 unspecified atom stereocenters. The summed E-state index contributed by atoms with van der Waals surface area (Å²) in [5.74, 6) is 1.90. The molecule has 0 aromatic carbocycles. The lowest BCUT2D eigenvalue weighted by Crippen LogP contribution is -2.52. The van der Waals surface area contributed by atoms with E-state index in [9.17, 15) is 0 Å². The van der Waals surface area contributed by atoms with Gasteiger partial charge in [-0.15, -0.1) is 11.3 Å². The first-order valence-corrected chi connectivity index (χ1v) is 10.2. The van der Waals surface area contributed by atoms with Gasteiger partial charge in [0, 0.05) is 56.1 Å². The summed E-state index contributed by atoms with van der Waals surface area (Å²) in [5.41, 5.74) is 1.11. The van der Waals surface area contributed by atoms with Crippen molar-refractivity contribution in [3.05, 3.63) is 21.4 Å². The molecule has 136 valence electrons. The first kappa shape index (κ1) is 18.1. The third-order valence-corrected chi connectivity index (χ3v) is 6.13. The van der Waals surface area contributed by atoms with Gasteiger partial charge in [0.15, 0.2) is 5.96 Å². The molecule has 1 fully saturated rings. The fraction of sp³-hybridized carbons (Fsp3) is 0.625. The van der Waals surface area contributed by atoms with E-state index in [1.54, 1.807) is 11.3 Å². The normalized spacial score (nSPS) is 15.8. The highest BCUT2D eigenvalue weighted by atomic mass is 32.1. The molecule has 9 heteroatoms. The van der Waals surface area contributed by atoms with Gasteiger partial charge in [0.05, 0.1) is 17.2 Å². The highest BCUT2D eigenvalue weighted by molar-refractivity contribution is 7.11. The van der Waals surface area contributed by atoms with Crippen molar-refractivity contribution in [1.82, 2.24) is 24.6 Å². The third kappa shape index (κ3) is 4.27. The molecule has 0 aliphatic carbocycles. The number of piperazine rings is 1. The Morgan fingerprint density at radius 3 is 2.52 bits per heavy atom. The van der Waals surface area contributed by atoms with E-state index in [0.29, 0.717) is 0 Å². The van der Waals surface area contributed by atoms with E-state index in [1.807, 2.05) is 14.0 Å². The van der Waals surface area contributed by atoms with E-state index in [2.05, 4.69) is 48.3 Å². The molecule has 2 aromatic rings. The summed E-state index contributed by atoms with van der Waals surface area (Å²) >= 11 is 3.25. The van der Waals surface area contributed by atoms with Crippen LogP contribution in [-0.4, -0.2) is 58.4 Å². The van der Waals surface area contributed by atoms with Crippen molar-refractivity contribution in [1.29, 1.82) is 0 Å². The SMILES string of the molecule is CCc1nsc(N2CCN(C(=NC)NCc3sc(C)nc3C)CC2)n1. The Labute approximate surface area is 157 Å². The summed E-state index contributed by atoms with van der Waals surface area (Å²) in [6.07, 6.45) is 0.892. The molecule has 0 radical (unpaired) electrons. The van der Waals surface area contributed by atoms with Crippen LogP contribution in [0.1, 0.15) is 28.3 Å². The fourth-order valence-corrected chi connectivity index (χ4v) is 4.53. The molecule has 0 saturated carbocycles. The Balaban J connectivity index is 1.54. The molecule has 1 aliphatic rings. The topological polar surface area (TPSA) is 69.5 Å². The predicted octanol–water partition coefficient (Wildman–Crippen LogP) is 2.07. The van der Waals surface area contributed by atoms with Gasteiger partial charge < -0.3 is 15.1 Å². The van der Waals surface area contributed by atoms with E-state index < -0.39 is 0 Å². The molecule has 1 saturated heterocycles. The smallest absolute Gasteiger partial charge is 0.205 e. The molecule has 0 spiro atoms. The van der Waals surface area contributed by atoms with Crippen LogP contribution in [0.3, 0.4) is 0 Å². The molecule has 0 atom stereocenters. The monoisotopic (exact) mass is 379 g/mol. The number of guanidine groups is 1. The Bertz CT molecular complexity index is 729. The van der Waals surface area contributed by atoms with Crippen LogP contribution >= 0.6 is 22.9 Å². The lowest BCUT2D eigenvalue weighted by molar-refractivity contribution is 0.372. The summed E-state index contributed by atoms with van der Waals surface area (Å²) in [6.45, 7) is 10.7. The van der Waals surface area contributed by atoms with Gasteiger partial charge in [-0.25, -0.2) is 9.97 Å². The van der Waals surface area contributed by atoms with Crippen molar-refractivity contribution in [3.63, 3.8) is 0 Å². The number of aliphatic imine (C=N–C) groups is 1. The van der Waals surface area contributed by atoms with Crippen molar-refractivity contribution >= 4 is 34.0 Å². The fourth-order valence-electron chi connectivity index (χ4n) is 2.86. The van der Waals surface area contributed by atoms with E-state index in [1.165, 1.54) is 16.4 Å². The van der Waals surface area contributed by atoms with Crippen LogP contribution in [-0.2, 0) is 13.0 Å². The Kier molecular flexibility index (Phi) is 5.85. The van der Waals surface area contributed by atoms with Crippen LogP contribution in [0, 0.1) is 13.8 Å². The maximum atomic E-state index is 4.59. The van der Waals surface area contributed by atoms with Gasteiger partial charge in [-0.05, 0) is 13.8 Å². The summed E-state index contributed by atoms with van der Waals surface area (Å²) in [5, 5.41) is 5.63. The Morgan fingerprint density at radius 1 is 1.20 bits per heavy atom. The minimum atomic E-state index is 0.778. The number of hydrogen-bond donors (Lipinski definition) is 1. The first-order valence-electron chi connectivity index (χ1n) is 8.56. The van der Waals surface area contributed by atoms with Crippen LogP contribution in [0.25, 0.3) is 0 Å². The molecule has 1 N–H and O–H groups in total. The summed E-state index contributed by atoms with van der Waals surface area (Å²) in [4.78, 5) is 19.4. The molecular formula is C16H25N7S2. The predicted molar refractivity (Wildman–Crippen MR) is 105 cm³/mol. The molecule has 3 heterocycles. The number of aromatic nitrogens is 3. The van der Waals surface area contributed by atoms with Crippen LogP contribution in [0.15, 0.2) is 4.99 Å². The van der Waals surface area contributed by atoms with Crippen molar-refractivity contribution in [2.45, 2.75) is 33.7 Å². The molecule has 1 aliphatic heterocycles. The van der Waals surface area contributed by atoms with Gasteiger partial charge >= 0.3 is 0 Å². The van der Waals surface area contributed by atoms with Gasteiger partial charge in [0.1, 0.15) is 5.82 Å². The maximum Gasteiger partial charge on any atom is 0.205 e.